The summed E-state index contributed by atoms with van der Waals surface area (Å²) in [4.78, 5) is 24.9. The average molecular weight is 260 g/mol. The van der Waals surface area contributed by atoms with Crippen molar-refractivity contribution >= 4 is 17.5 Å². The maximum atomic E-state index is 11.9. The molecule has 4 heteroatoms. The summed E-state index contributed by atoms with van der Waals surface area (Å²) in [6.07, 6.45) is 2.92. The third kappa shape index (κ3) is 5.38. The molecule has 0 aliphatic rings. The molecule has 1 rings (SSSR count). The normalized spacial score (nSPS) is 9.74. The van der Waals surface area contributed by atoms with E-state index in [1.54, 1.807) is 18.0 Å². The van der Waals surface area contributed by atoms with Crippen LogP contribution in [0.3, 0.4) is 0 Å². The van der Waals surface area contributed by atoms with E-state index in [-0.39, 0.29) is 11.8 Å². The molecule has 0 unspecified atom stereocenters. The summed E-state index contributed by atoms with van der Waals surface area (Å²) >= 11 is 0. The predicted octanol–water partition coefficient (Wildman–Crippen LogP) is 2.12. The van der Waals surface area contributed by atoms with Crippen molar-refractivity contribution in [2.45, 2.75) is 19.3 Å². The van der Waals surface area contributed by atoms with Gasteiger partial charge in [0.05, 0.1) is 0 Å². The van der Waals surface area contributed by atoms with Gasteiger partial charge in [0.15, 0.2) is 0 Å². The summed E-state index contributed by atoms with van der Waals surface area (Å²) in [6, 6.07) is 9.46. The van der Waals surface area contributed by atoms with Crippen LogP contribution >= 0.6 is 0 Å². The molecule has 0 fully saturated rings. The lowest BCUT2D eigenvalue weighted by Gasteiger charge is -2.17. The molecule has 2 amide bonds. The minimum atomic E-state index is -0.0462. The number of nitrogens with zero attached hydrogens (tertiary/aromatic N) is 1. The van der Waals surface area contributed by atoms with Gasteiger partial charge in [0.2, 0.25) is 11.8 Å². The highest BCUT2D eigenvalue weighted by Gasteiger charge is 2.10. The summed E-state index contributed by atoms with van der Waals surface area (Å²) in [5, 5.41) is 2.69. The molecular formula is C15H20N2O2. The monoisotopic (exact) mass is 260 g/mol. The van der Waals surface area contributed by atoms with Crippen LogP contribution in [0, 0.1) is 0 Å². The largest absolute Gasteiger partial charge is 0.353 e. The first-order chi connectivity index (χ1) is 9.15. The van der Waals surface area contributed by atoms with Crippen LogP contribution in [0.25, 0.3) is 0 Å². The van der Waals surface area contributed by atoms with Crippen molar-refractivity contribution < 1.29 is 9.59 Å². The van der Waals surface area contributed by atoms with E-state index in [4.69, 9.17) is 0 Å². The van der Waals surface area contributed by atoms with Crippen LogP contribution in [0.1, 0.15) is 19.3 Å². The lowest BCUT2D eigenvalue weighted by molar-refractivity contribution is -0.121. The summed E-state index contributed by atoms with van der Waals surface area (Å²) in [7, 11) is 1.75. The van der Waals surface area contributed by atoms with E-state index in [2.05, 4.69) is 11.9 Å². The van der Waals surface area contributed by atoms with E-state index in [1.165, 1.54) is 0 Å². The van der Waals surface area contributed by atoms with Gasteiger partial charge in [0.1, 0.15) is 0 Å². The molecule has 0 saturated heterocycles. The Bertz CT molecular complexity index is 429. The van der Waals surface area contributed by atoms with Crippen molar-refractivity contribution in [3.05, 3.63) is 43.0 Å². The fraction of sp³-hybridized carbons (Fsp3) is 0.333. The Hall–Kier alpha value is -2.10. The molecule has 0 saturated carbocycles. The highest BCUT2D eigenvalue weighted by atomic mass is 16.2. The SMILES string of the molecule is C=CCNC(=O)CCCC(=O)N(C)c1ccccc1. The van der Waals surface area contributed by atoms with Crippen LogP contribution in [0.4, 0.5) is 5.69 Å². The standard InChI is InChI=1S/C15H20N2O2/c1-3-12-16-14(18)10-7-11-15(19)17(2)13-8-5-4-6-9-13/h3-6,8-9H,1,7,10-12H2,2H3,(H,16,18). The minimum Gasteiger partial charge on any atom is -0.353 e. The Morgan fingerprint density at radius 1 is 1.26 bits per heavy atom. The smallest absolute Gasteiger partial charge is 0.226 e. The minimum absolute atomic E-state index is 0.0164. The van der Waals surface area contributed by atoms with Crippen molar-refractivity contribution in [2.75, 3.05) is 18.5 Å². The number of amides is 2. The molecule has 0 heterocycles. The maximum Gasteiger partial charge on any atom is 0.226 e. The van der Waals surface area contributed by atoms with Gasteiger partial charge in [-0.15, -0.1) is 6.58 Å². The van der Waals surface area contributed by atoms with Crippen LogP contribution in [0.2, 0.25) is 0 Å². The summed E-state index contributed by atoms with van der Waals surface area (Å²) < 4.78 is 0. The first-order valence-corrected chi connectivity index (χ1v) is 6.34. The molecule has 1 aromatic rings. The molecule has 0 aromatic heterocycles. The quantitative estimate of drug-likeness (QED) is 0.763. The molecule has 102 valence electrons. The van der Waals surface area contributed by atoms with Gasteiger partial charge in [-0.3, -0.25) is 9.59 Å². The first kappa shape index (κ1) is 15.0. The van der Waals surface area contributed by atoms with Gasteiger partial charge in [-0.1, -0.05) is 24.3 Å². The van der Waals surface area contributed by atoms with Crippen LogP contribution in [-0.4, -0.2) is 25.4 Å². The Morgan fingerprint density at radius 3 is 2.58 bits per heavy atom. The maximum absolute atomic E-state index is 11.9. The van der Waals surface area contributed by atoms with Crippen molar-refractivity contribution in [3.63, 3.8) is 0 Å². The van der Waals surface area contributed by atoms with Crippen LogP contribution in [-0.2, 0) is 9.59 Å². The number of para-hydroxylation sites is 1. The van der Waals surface area contributed by atoms with Gasteiger partial charge in [0, 0.05) is 32.1 Å². The molecular weight excluding hydrogens is 240 g/mol. The van der Waals surface area contributed by atoms with E-state index in [0.29, 0.717) is 25.8 Å². The van der Waals surface area contributed by atoms with Crippen molar-refractivity contribution in [1.29, 1.82) is 0 Å². The van der Waals surface area contributed by atoms with Gasteiger partial charge in [-0.05, 0) is 18.6 Å². The number of hydrogen-bond donors (Lipinski definition) is 1. The molecule has 0 aliphatic carbocycles. The summed E-state index contributed by atoms with van der Waals surface area (Å²) in [5.74, 6) is -0.0298. The lowest BCUT2D eigenvalue weighted by Crippen LogP contribution is -2.27. The van der Waals surface area contributed by atoms with Crippen LogP contribution < -0.4 is 10.2 Å². The van der Waals surface area contributed by atoms with Gasteiger partial charge in [0.25, 0.3) is 0 Å². The number of carbonyl (C=O) groups excluding carboxylic acids is 2. The fourth-order valence-electron chi connectivity index (χ4n) is 1.64. The highest BCUT2D eigenvalue weighted by Crippen LogP contribution is 2.13. The zero-order chi connectivity index (χ0) is 14.1. The molecule has 1 aromatic carbocycles. The Kier molecular flexibility index (Phi) is 6.36. The molecule has 0 atom stereocenters. The molecule has 19 heavy (non-hydrogen) atoms. The Balaban J connectivity index is 2.31. The molecule has 4 nitrogen and oxygen atoms in total. The van der Waals surface area contributed by atoms with E-state index < -0.39 is 0 Å². The number of nitrogens with one attached hydrogen (secondary N) is 1. The second-order valence-corrected chi connectivity index (χ2v) is 4.23. The van der Waals surface area contributed by atoms with Gasteiger partial charge in [-0.25, -0.2) is 0 Å². The highest BCUT2D eigenvalue weighted by molar-refractivity contribution is 5.92. The van der Waals surface area contributed by atoms with E-state index in [9.17, 15) is 9.59 Å². The van der Waals surface area contributed by atoms with E-state index >= 15 is 0 Å². The number of benzene rings is 1. The number of carbonyl (C=O) groups is 2. The van der Waals surface area contributed by atoms with Gasteiger partial charge < -0.3 is 10.2 Å². The average Bonchev–Trinajstić information content (AvgIpc) is 2.45. The Morgan fingerprint density at radius 2 is 1.95 bits per heavy atom. The predicted molar refractivity (Wildman–Crippen MR) is 76.9 cm³/mol. The van der Waals surface area contributed by atoms with Gasteiger partial charge in [-0.2, -0.15) is 0 Å². The van der Waals surface area contributed by atoms with Crippen LogP contribution in [0.5, 0.6) is 0 Å². The third-order valence-electron chi connectivity index (χ3n) is 2.76. The van der Waals surface area contributed by atoms with E-state index in [0.717, 1.165) is 5.69 Å². The van der Waals surface area contributed by atoms with Crippen molar-refractivity contribution in [2.24, 2.45) is 0 Å². The van der Waals surface area contributed by atoms with Crippen LogP contribution in [0.15, 0.2) is 43.0 Å². The second kappa shape index (κ2) is 8.08. The zero-order valence-electron chi connectivity index (χ0n) is 11.3. The molecule has 0 spiro atoms. The van der Waals surface area contributed by atoms with E-state index in [1.807, 2.05) is 30.3 Å². The summed E-state index contributed by atoms with van der Waals surface area (Å²) in [5.41, 5.74) is 0.864. The molecule has 0 bridgehead atoms. The number of anilines is 1. The lowest BCUT2D eigenvalue weighted by atomic mass is 10.2. The first-order valence-electron chi connectivity index (χ1n) is 6.34. The van der Waals surface area contributed by atoms with Crippen molar-refractivity contribution in [1.82, 2.24) is 5.32 Å². The molecule has 1 N–H and O–H groups in total. The fourth-order valence-corrected chi connectivity index (χ4v) is 1.64. The zero-order valence-corrected chi connectivity index (χ0v) is 11.3. The van der Waals surface area contributed by atoms with Crippen molar-refractivity contribution in [3.8, 4) is 0 Å². The number of hydrogen-bond acceptors (Lipinski definition) is 2. The molecule has 0 aliphatic heterocycles. The van der Waals surface area contributed by atoms with Gasteiger partial charge >= 0.3 is 0 Å². The molecule has 0 radical (unpaired) electrons. The number of rotatable bonds is 7. The second-order valence-electron chi connectivity index (χ2n) is 4.23. The summed E-state index contributed by atoms with van der Waals surface area (Å²) in [6.45, 7) is 3.99. The topological polar surface area (TPSA) is 49.4 Å². The Labute approximate surface area is 114 Å². The third-order valence-corrected chi connectivity index (χ3v) is 2.76.